The van der Waals surface area contributed by atoms with Gasteiger partial charge in [0.15, 0.2) is 0 Å². The fraction of sp³-hybridized carbons (Fsp3) is 0.867. The van der Waals surface area contributed by atoms with E-state index in [0.29, 0.717) is 19.0 Å². The summed E-state index contributed by atoms with van der Waals surface area (Å²) in [6.45, 7) is 11.3. The monoisotopic (exact) mass is 281 g/mol. The maximum atomic E-state index is 12.3. The summed E-state index contributed by atoms with van der Waals surface area (Å²) in [5.41, 5.74) is 0. The number of rotatable bonds is 3. The Hall–Kier alpha value is -1.10. The highest BCUT2D eigenvalue weighted by atomic mass is 16.2. The van der Waals surface area contributed by atoms with Gasteiger partial charge in [-0.1, -0.05) is 0 Å². The summed E-state index contributed by atoms with van der Waals surface area (Å²) in [5, 5.41) is 0. The second-order valence-electron chi connectivity index (χ2n) is 6.48. The van der Waals surface area contributed by atoms with E-state index in [0.717, 1.165) is 26.1 Å². The van der Waals surface area contributed by atoms with E-state index in [1.807, 2.05) is 23.6 Å². The molecule has 2 saturated heterocycles. The van der Waals surface area contributed by atoms with Crippen LogP contribution in [0.2, 0.25) is 0 Å². The molecule has 5 heteroatoms. The molecule has 2 amide bonds. The molecule has 2 aliphatic heterocycles. The molecule has 0 bridgehead atoms. The van der Waals surface area contributed by atoms with Gasteiger partial charge >= 0.3 is 0 Å². The van der Waals surface area contributed by atoms with Crippen molar-refractivity contribution in [1.29, 1.82) is 0 Å². The van der Waals surface area contributed by atoms with Gasteiger partial charge in [0.25, 0.3) is 0 Å². The SMILES string of the molecule is CC(C)N1CCN(C2CCN(C(C)C)C(=O)C2)C(=O)C1. The molecular weight excluding hydrogens is 254 g/mol. The maximum Gasteiger partial charge on any atom is 0.237 e. The quantitative estimate of drug-likeness (QED) is 0.773. The lowest BCUT2D eigenvalue weighted by Crippen LogP contribution is -2.58. The summed E-state index contributed by atoms with van der Waals surface area (Å²) < 4.78 is 0. The van der Waals surface area contributed by atoms with Crippen molar-refractivity contribution in [2.75, 3.05) is 26.2 Å². The second-order valence-corrected chi connectivity index (χ2v) is 6.48. The Labute approximate surface area is 121 Å². The molecule has 0 aliphatic carbocycles. The smallest absolute Gasteiger partial charge is 0.237 e. The van der Waals surface area contributed by atoms with Gasteiger partial charge in [0.2, 0.25) is 11.8 Å². The third kappa shape index (κ3) is 3.14. The van der Waals surface area contributed by atoms with Gasteiger partial charge in [-0.25, -0.2) is 0 Å². The lowest BCUT2D eigenvalue weighted by molar-refractivity contribution is -0.145. The zero-order valence-electron chi connectivity index (χ0n) is 13.1. The Balaban J connectivity index is 1.94. The summed E-state index contributed by atoms with van der Waals surface area (Å²) in [7, 11) is 0. The minimum absolute atomic E-state index is 0.110. The number of likely N-dealkylation sites (tertiary alicyclic amines) is 1. The summed E-state index contributed by atoms with van der Waals surface area (Å²) in [4.78, 5) is 30.5. The summed E-state index contributed by atoms with van der Waals surface area (Å²) in [6.07, 6.45) is 1.41. The molecule has 2 aliphatic rings. The molecule has 0 aromatic rings. The molecule has 2 heterocycles. The Kier molecular flexibility index (Phi) is 4.68. The first-order valence-corrected chi connectivity index (χ1v) is 7.73. The number of amides is 2. The van der Waals surface area contributed by atoms with E-state index in [4.69, 9.17) is 0 Å². The Morgan fingerprint density at radius 3 is 2.15 bits per heavy atom. The molecule has 0 spiro atoms. The van der Waals surface area contributed by atoms with Crippen LogP contribution < -0.4 is 0 Å². The first-order valence-electron chi connectivity index (χ1n) is 7.73. The van der Waals surface area contributed by atoms with Crippen LogP contribution in [0.3, 0.4) is 0 Å². The molecule has 114 valence electrons. The van der Waals surface area contributed by atoms with Crippen LogP contribution in [0.5, 0.6) is 0 Å². The number of nitrogens with zero attached hydrogens (tertiary/aromatic N) is 3. The Morgan fingerprint density at radius 2 is 1.65 bits per heavy atom. The molecule has 0 aromatic carbocycles. The topological polar surface area (TPSA) is 43.9 Å². The van der Waals surface area contributed by atoms with E-state index in [1.54, 1.807) is 0 Å². The lowest BCUT2D eigenvalue weighted by Gasteiger charge is -2.43. The molecule has 20 heavy (non-hydrogen) atoms. The maximum absolute atomic E-state index is 12.3. The summed E-state index contributed by atoms with van der Waals surface area (Å²) in [5.74, 6) is 0.371. The van der Waals surface area contributed by atoms with Gasteiger partial charge in [0.05, 0.1) is 6.54 Å². The molecule has 0 radical (unpaired) electrons. The first-order chi connectivity index (χ1) is 9.40. The molecule has 1 atom stereocenters. The zero-order valence-corrected chi connectivity index (χ0v) is 13.1. The van der Waals surface area contributed by atoms with E-state index in [1.165, 1.54) is 0 Å². The minimum Gasteiger partial charge on any atom is -0.340 e. The average molecular weight is 281 g/mol. The number of piperazine rings is 1. The molecule has 2 fully saturated rings. The molecule has 0 aromatic heterocycles. The van der Waals surface area contributed by atoms with E-state index in [-0.39, 0.29) is 23.9 Å². The van der Waals surface area contributed by atoms with Crippen molar-refractivity contribution >= 4 is 11.8 Å². The molecule has 5 nitrogen and oxygen atoms in total. The predicted molar refractivity (Wildman–Crippen MR) is 78.3 cm³/mol. The van der Waals surface area contributed by atoms with Crippen LogP contribution in [0, 0.1) is 0 Å². The van der Waals surface area contributed by atoms with Crippen LogP contribution in [0.25, 0.3) is 0 Å². The lowest BCUT2D eigenvalue weighted by atomic mass is 10.00. The first kappa shape index (κ1) is 15.3. The fourth-order valence-electron chi connectivity index (χ4n) is 3.18. The minimum atomic E-state index is 0.110. The van der Waals surface area contributed by atoms with Gasteiger partial charge < -0.3 is 9.80 Å². The van der Waals surface area contributed by atoms with Crippen LogP contribution in [0.4, 0.5) is 0 Å². The van der Waals surface area contributed by atoms with E-state index in [9.17, 15) is 9.59 Å². The van der Waals surface area contributed by atoms with Crippen molar-refractivity contribution in [3.8, 4) is 0 Å². The van der Waals surface area contributed by atoms with Crippen LogP contribution in [-0.2, 0) is 9.59 Å². The highest BCUT2D eigenvalue weighted by Gasteiger charge is 2.35. The van der Waals surface area contributed by atoms with E-state index in [2.05, 4.69) is 18.7 Å². The van der Waals surface area contributed by atoms with Crippen molar-refractivity contribution in [1.82, 2.24) is 14.7 Å². The van der Waals surface area contributed by atoms with Gasteiger partial charge in [-0.3, -0.25) is 14.5 Å². The number of carbonyl (C=O) groups excluding carboxylic acids is 2. The molecule has 1 unspecified atom stereocenters. The summed E-state index contributed by atoms with van der Waals surface area (Å²) in [6, 6.07) is 0.779. The number of hydrogen-bond acceptors (Lipinski definition) is 3. The Morgan fingerprint density at radius 1 is 0.950 bits per heavy atom. The van der Waals surface area contributed by atoms with Crippen LogP contribution >= 0.6 is 0 Å². The Bertz CT molecular complexity index is 381. The van der Waals surface area contributed by atoms with Crippen molar-refractivity contribution in [2.45, 2.75) is 58.7 Å². The van der Waals surface area contributed by atoms with Crippen molar-refractivity contribution in [2.24, 2.45) is 0 Å². The van der Waals surface area contributed by atoms with Crippen LogP contribution in [-0.4, -0.2) is 70.8 Å². The second kappa shape index (κ2) is 6.12. The van der Waals surface area contributed by atoms with Gasteiger partial charge in [-0.2, -0.15) is 0 Å². The third-order valence-corrected chi connectivity index (χ3v) is 4.52. The highest BCUT2D eigenvalue weighted by molar-refractivity contribution is 5.82. The van der Waals surface area contributed by atoms with Crippen molar-refractivity contribution in [3.63, 3.8) is 0 Å². The molecule has 2 rings (SSSR count). The predicted octanol–water partition coefficient (Wildman–Crippen LogP) is 0.938. The van der Waals surface area contributed by atoms with Gasteiger partial charge in [0, 0.05) is 44.2 Å². The number of carbonyl (C=O) groups is 2. The molecule has 0 N–H and O–H groups in total. The van der Waals surface area contributed by atoms with Gasteiger partial charge in [0.1, 0.15) is 0 Å². The van der Waals surface area contributed by atoms with Crippen molar-refractivity contribution < 1.29 is 9.59 Å². The van der Waals surface area contributed by atoms with E-state index >= 15 is 0 Å². The number of piperidine rings is 1. The fourth-order valence-corrected chi connectivity index (χ4v) is 3.18. The molecular formula is C15H27N3O2. The number of hydrogen-bond donors (Lipinski definition) is 0. The van der Waals surface area contributed by atoms with Gasteiger partial charge in [-0.15, -0.1) is 0 Å². The van der Waals surface area contributed by atoms with E-state index < -0.39 is 0 Å². The highest BCUT2D eigenvalue weighted by Crippen LogP contribution is 2.21. The van der Waals surface area contributed by atoms with Crippen molar-refractivity contribution in [3.05, 3.63) is 0 Å². The zero-order chi connectivity index (χ0) is 14.9. The largest absolute Gasteiger partial charge is 0.340 e. The molecule has 0 saturated carbocycles. The van der Waals surface area contributed by atoms with Gasteiger partial charge in [-0.05, 0) is 34.1 Å². The van der Waals surface area contributed by atoms with Crippen LogP contribution in [0.1, 0.15) is 40.5 Å². The summed E-state index contributed by atoms with van der Waals surface area (Å²) >= 11 is 0. The van der Waals surface area contributed by atoms with Crippen LogP contribution in [0.15, 0.2) is 0 Å². The standard InChI is InChI=1S/C15H27N3O2/c1-11(2)16-7-8-18(15(20)10-16)13-5-6-17(12(3)4)14(19)9-13/h11-13H,5-10H2,1-4H3. The third-order valence-electron chi connectivity index (χ3n) is 4.52. The normalized spacial score (nSPS) is 26.0. The average Bonchev–Trinajstić information content (AvgIpc) is 2.37.